The molecule has 0 aliphatic rings. The van der Waals surface area contributed by atoms with Crippen molar-refractivity contribution in [3.63, 3.8) is 0 Å². The predicted molar refractivity (Wildman–Crippen MR) is 135 cm³/mol. The largest absolute Gasteiger partial charge is 0.497 e. The van der Waals surface area contributed by atoms with Crippen LogP contribution in [0.3, 0.4) is 0 Å². The number of rotatable bonds is 11. The van der Waals surface area contributed by atoms with Crippen molar-refractivity contribution >= 4 is 39.1 Å². The Morgan fingerprint density at radius 1 is 1.12 bits per heavy atom. The van der Waals surface area contributed by atoms with E-state index in [2.05, 4.69) is 5.32 Å². The van der Waals surface area contributed by atoms with Crippen LogP contribution in [0.2, 0.25) is 5.02 Å². The number of hydrogen-bond acceptors (Lipinski definition) is 5. The summed E-state index contributed by atoms with van der Waals surface area (Å²) in [6.07, 6.45) is 1.74. The lowest BCUT2D eigenvalue weighted by atomic mass is 10.1. The lowest BCUT2D eigenvalue weighted by Crippen LogP contribution is -2.52. The summed E-state index contributed by atoms with van der Waals surface area (Å²) >= 11 is 6.23. The molecule has 2 aromatic rings. The van der Waals surface area contributed by atoms with Crippen molar-refractivity contribution in [2.45, 2.75) is 45.8 Å². The maximum atomic E-state index is 13.5. The monoisotopic (exact) mass is 509 g/mol. The second-order valence-corrected chi connectivity index (χ2v) is 10.4. The van der Waals surface area contributed by atoms with Crippen LogP contribution in [0.5, 0.6) is 5.75 Å². The van der Waals surface area contributed by atoms with Gasteiger partial charge in [0.15, 0.2) is 0 Å². The molecule has 0 aliphatic carbocycles. The van der Waals surface area contributed by atoms with Crippen LogP contribution in [-0.4, -0.2) is 57.1 Å². The van der Waals surface area contributed by atoms with Gasteiger partial charge >= 0.3 is 0 Å². The molecule has 2 rings (SSSR count). The van der Waals surface area contributed by atoms with Crippen LogP contribution in [-0.2, 0) is 26.2 Å². The Morgan fingerprint density at radius 3 is 2.38 bits per heavy atom. The quantitative estimate of drug-likeness (QED) is 0.500. The molecule has 0 spiro atoms. The van der Waals surface area contributed by atoms with E-state index in [0.717, 1.165) is 22.5 Å². The first-order valence-corrected chi connectivity index (χ1v) is 13.2. The van der Waals surface area contributed by atoms with Gasteiger partial charge in [0.1, 0.15) is 18.3 Å². The molecule has 0 heterocycles. The molecule has 1 N–H and O–H groups in total. The summed E-state index contributed by atoms with van der Waals surface area (Å²) in [6, 6.07) is 12.6. The molecule has 10 heteroatoms. The number of sulfonamides is 1. The molecule has 2 aromatic carbocycles. The Hall–Kier alpha value is -2.78. The lowest BCUT2D eigenvalue weighted by Gasteiger charge is -2.32. The van der Waals surface area contributed by atoms with Crippen molar-refractivity contribution in [1.82, 2.24) is 10.2 Å². The predicted octanol–water partition coefficient (Wildman–Crippen LogP) is 3.45. The van der Waals surface area contributed by atoms with E-state index in [9.17, 15) is 18.0 Å². The molecule has 0 saturated carbocycles. The van der Waals surface area contributed by atoms with Gasteiger partial charge < -0.3 is 15.0 Å². The van der Waals surface area contributed by atoms with Crippen LogP contribution >= 0.6 is 11.6 Å². The van der Waals surface area contributed by atoms with Crippen molar-refractivity contribution in [3.8, 4) is 5.75 Å². The number of hydrogen-bond donors (Lipinski definition) is 1. The van der Waals surface area contributed by atoms with Crippen molar-refractivity contribution in [2.75, 3.05) is 24.2 Å². The third-order valence-corrected chi connectivity index (χ3v) is 6.90. The lowest BCUT2D eigenvalue weighted by molar-refractivity contribution is -0.139. The number of nitrogens with one attached hydrogen (secondary N) is 1. The first-order valence-electron chi connectivity index (χ1n) is 10.9. The molecular formula is C24H32ClN3O5S. The summed E-state index contributed by atoms with van der Waals surface area (Å²) in [7, 11) is -2.30. The minimum atomic E-state index is -3.84. The van der Waals surface area contributed by atoms with Gasteiger partial charge in [0.2, 0.25) is 21.8 Å². The molecule has 0 saturated heterocycles. The van der Waals surface area contributed by atoms with E-state index in [0.29, 0.717) is 5.75 Å². The molecule has 34 heavy (non-hydrogen) atoms. The highest BCUT2D eigenvalue weighted by atomic mass is 35.5. The highest BCUT2D eigenvalue weighted by Gasteiger charge is 2.31. The topological polar surface area (TPSA) is 96.0 Å². The third kappa shape index (κ3) is 7.36. The Labute approximate surface area is 206 Å². The van der Waals surface area contributed by atoms with Gasteiger partial charge in [-0.3, -0.25) is 13.9 Å². The molecule has 2 atom stereocenters. The SMILES string of the molecule is CC[C@H](C)NC(=O)[C@H](C)N(Cc1cccc(OC)c1)C(=O)CN(c1ccccc1Cl)S(C)(=O)=O. The molecular weight excluding hydrogens is 478 g/mol. The minimum absolute atomic E-state index is 0.0700. The molecule has 0 aliphatic heterocycles. The van der Waals surface area contributed by atoms with Crippen LogP contribution in [0.15, 0.2) is 48.5 Å². The number of methoxy groups -OCH3 is 1. The number of nitrogens with zero attached hydrogens (tertiary/aromatic N) is 2. The molecule has 0 fully saturated rings. The summed E-state index contributed by atoms with van der Waals surface area (Å²) in [5.41, 5.74) is 0.928. The summed E-state index contributed by atoms with van der Waals surface area (Å²) in [5, 5.41) is 3.08. The maximum Gasteiger partial charge on any atom is 0.244 e. The number of ether oxygens (including phenoxy) is 1. The molecule has 8 nitrogen and oxygen atoms in total. The average Bonchev–Trinajstić information content (AvgIpc) is 2.80. The maximum absolute atomic E-state index is 13.5. The number of amides is 2. The van der Waals surface area contributed by atoms with Gasteiger partial charge in [0.25, 0.3) is 0 Å². The zero-order chi connectivity index (χ0) is 25.5. The van der Waals surface area contributed by atoms with E-state index in [1.807, 2.05) is 19.9 Å². The molecule has 186 valence electrons. The van der Waals surface area contributed by atoms with Gasteiger partial charge in [-0.2, -0.15) is 0 Å². The Balaban J connectivity index is 2.41. The van der Waals surface area contributed by atoms with E-state index in [1.165, 1.54) is 18.1 Å². The average molecular weight is 510 g/mol. The van der Waals surface area contributed by atoms with Gasteiger partial charge in [-0.1, -0.05) is 42.8 Å². The standard InChI is InChI=1S/C24H32ClN3O5S/c1-6-17(2)26-24(30)18(3)27(15-19-10-9-11-20(14-19)33-4)23(29)16-28(34(5,31)32)22-13-8-7-12-21(22)25/h7-14,17-18H,6,15-16H2,1-5H3,(H,26,30)/t17-,18-/m0/s1. The number of para-hydroxylation sites is 1. The number of benzene rings is 2. The molecule has 0 unspecified atom stereocenters. The van der Waals surface area contributed by atoms with Crippen LogP contribution < -0.4 is 14.4 Å². The first kappa shape index (κ1) is 27.5. The summed E-state index contributed by atoms with van der Waals surface area (Å²) in [4.78, 5) is 27.8. The van der Waals surface area contributed by atoms with Crippen LogP contribution in [0.1, 0.15) is 32.8 Å². The first-order chi connectivity index (χ1) is 16.0. The highest BCUT2D eigenvalue weighted by molar-refractivity contribution is 7.92. The Morgan fingerprint density at radius 2 is 1.79 bits per heavy atom. The van der Waals surface area contributed by atoms with E-state index >= 15 is 0 Å². The van der Waals surface area contributed by atoms with Crippen molar-refractivity contribution in [1.29, 1.82) is 0 Å². The van der Waals surface area contributed by atoms with Gasteiger partial charge in [-0.05, 0) is 50.1 Å². The van der Waals surface area contributed by atoms with Gasteiger partial charge in [-0.25, -0.2) is 8.42 Å². The molecule has 0 radical (unpaired) electrons. The second kappa shape index (κ2) is 12.1. The zero-order valence-corrected chi connectivity index (χ0v) is 21.7. The van der Waals surface area contributed by atoms with Crippen molar-refractivity contribution in [2.24, 2.45) is 0 Å². The minimum Gasteiger partial charge on any atom is -0.497 e. The molecule has 0 bridgehead atoms. The third-order valence-electron chi connectivity index (χ3n) is 5.46. The van der Waals surface area contributed by atoms with E-state index in [4.69, 9.17) is 16.3 Å². The van der Waals surface area contributed by atoms with Gasteiger partial charge in [0.05, 0.1) is 24.1 Å². The van der Waals surface area contributed by atoms with E-state index in [1.54, 1.807) is 43.3 Å². The second-order valence-electron chi connectivity index (χ2n) is 8.09. The van der Waals surface area contributed by atoms with E-state index in [-0.39, 0.29) is 29.2 Å². The van der Waals surface area contributed by atoms with Gasteiger partial charge in [-0.15, -0.1) is 0 Å². The number of carbonyl (C=O) groups is 2. The normalized spacial score (nSPS) is 13.0. The summed E-state index contributed by atoms with van der Waals surface area (Å²) < 4.78 is 31.4. The summed E-state index contributed by atoms with van der Waals surface area (Å²) in [6.45, 7) is 5.03. The van der Waals surface area contributed by atoms with Crippen molar-refractivity contribution in [3.05, 3.63) is 59.1 Å². The number of carbonyl (C=O) groups excluding carboxylic acids is 2. The summed E-state index contributed by atoms with van der Waals surface area (Å²) in [5.74, 6) is -0.260. The molecule has 2 amide bonds. The van der Waals surface area contributed by atoms with Crippen molar-refractivity contribution < 1.29 is 22.7 Å². The number of halogens is 1. The Bertz CT molecular complexity index is 1110. The van der Waals surface area contributed by atoms with Gasteiger partial charge in [0, 0.05) is 12.6 Å². The highest BCUT2D eigenvalue weighted by Crippen LogP contribution is 2.27. The molecule has 0 aromatic heterocycles. The van der Waals surface area contributed by atoms with E-state index < -0.39 is 28.5 Å². The zero-order valence-electron chi connectivity index (χ0n) is 20.1. The smallest absolute Gasteiger partial charge is 0.244 e. The van der Waals surface area contributed by atoms with Crippen LogP contribution in [0, 0.1) is 0 Å². The fourth-order valence-corrected chi connectivity index (χ4v) is 4.41. The fraction of sp³-hybridized carbons (Fsp3) is 0.417. The van der Waals surface area contributed by atoms with Crippen LogP contribution in [0.25, 0.3) is 0 Å². The fourth-order valence-electron chi connectivity index (χ4n) is 3.26. The Kier molecular flexibility index (Phi) is 9.76. The number of anilines is 1. The van der Waals surface area contributed by atoms with Crippen LogP contribution in [0.4, 0.5) is 5.69 Å².